The smallest absolute Gasteiger partial charge is 0.243 e. The molecule has 4 aromatic carbocycles. The van der Waals surface area contributed by atoms with Crippen LogP contribution in [0.5, 0.6) is 51.7 Å². The number of methoxy groups -OCH3 is 7. The van der Waals surface area contributed by atoms with Crippen LogP contribution in [-0.2, 0) is 38.1 Å². The van der Waals surface area contributed by atoms with E-state index < -0.39 is 11.6 Å². The van der Waals surface area contributed by atoms with Crippen molar-refractivity contribution in [3.05, 3.63) is 210 Å². The fourth-order valence-electron chi connectivity index (χ4n) is 18.9. The molecule has 2 unspecified atom stereocenters. The van der Waals surface area contributed by atoms with Crippen LogP contribution in [0.1, 0.15) is 107 Å². The molecule has 19 rings (SSSR count). The minimum absolute atomic E-state index is 0.00353. The molecule has 0 radical (unpaired) electrons. The van der Waals surface area contributed by atoms with Gasteiger partial charge in [-0.05, 0) is 147 Å². The van der Waals surface area contributed by atoms with Crippen LogP contribution in [0.15, 0.2) is 176 Å². The van der Waals surface area contributed by atoms with Crippen LogP contribution < -0.4 is 74.5 Å². The molecule has 145 heavy (non-hydrogen) atoms. The van der Waals surface area contributed by atoms with Crippen molar-refractivity contribution in [1.82, 2.24) is 45.9 Å². The maximum absolute atomic E-state index is 15.5. The van der Waals surface area contributed by atoms with E-state index in [0.717, 1.165) is 93.6 Å². The Hall–Kier alpha value is -13.4. The first-order valence-corrected chi connectivity index (χ1v) is 49.5. The van der Waals surface area contributed by atoms with Gasteiger partial charge in [0.15, 0.2) is 52.0 Å². The van der Waals surface area contributed by atoms with Crippen molar-refractivity contribution in [3.8, 4) is 85.5 Å². The highest BCUT2D eigenvalue weighted by atomic mass is 35.5. The number of aliphatic imine (C=N–C) groups is 2. The van der Waals surface area contributed by atoms with E-state index in [-0.39, 0.29) is 106 Å². The fourth-order valence-corrected chi connectivity index (χ4v) is 19.9. The summed E-state index contributed by atoms with van der Waals surface area (Å²) in [5.74, 6) is 7.64. The summed E-state index contributed by atoms with van der Waals surface area (Å²) in [5, 5.41) is 26.5. The third-order valence-corrected chi connectivity index (χ3v) is 28.2. The number of rotatable bonds is 34. The van der Waals surface area contributed by atoms with Crippen molar-refractivity contribution in [2.75, 3.05) is 138 Å². The van der Waals surface area contributed by atoms with Gasteiger partial charge in [0.1, 0.15) is 71.1 Å². The Labute approximate surface area is 855 Å². The Morgan fingerprint density at radius 1 is 0.462 bits per heavy atom. The van der Waals surface area contributed by atoms with Crippen molar-refractivity contribution >= 4 is 126 Å². The first-order chi connectivity index (χ1) is 70.3. The highest BCUT2D eigenvalue weighted by Gasteiger charge is 2.40. The summed E-state index contributed by atoms with van der Waals surface area (Å²) in [6.07, 6.45) is 30.0. The predicted octanol–water partition coefficient (Wildman–Crippen LogP) is 19.1. The van der Waals surface area contributed by atoms with Crippen LogP contribution in [0.4, 0.5) is 26.2 Å². The van der Waals surface area contributed by atoms with Gasteiger partial charge in [-0.1, -0.05) is 81.0 Å². The van der Waals surface area contributed by atoms with Gasteiger partial charge in [0.05, 0.1) is 151 Å². The molecule has 2 aliphatic carbocycles. The second kappa shape index (κ2) is 48.1. The van der Waals surface area contributed by atoms with E-state index in [0.29, 0.717) is 209 Å². The number of carbonyl (C=O) groups is 4. The summed E-state index contributed by atoms with van der Waals surface area (Å²) in [6.45, 7) is 24.2. The number of anilines is 3. The molecule has 6 N–H and O–H groups in total. The quantitative estimate of drug-likeness (QED) is 0.0204. The number of ketones is 3. The summed E-state index contributed by atoms with van der Waals surface area (Å²) >= 11 is 20.1. The number of pyridine rings is 6. The standard InChI is InChI=1S/C28H30FN3O4.C28H32FN3O4.C27H31Cl2N5O4.C26H26ClN3O5/c1-4-20(33)9-17-7-8-36-15-22(17)32-25-11-19-13-30-21(10-18(19)14-31-25)27-26(16-5-6-16)23(34-2)12-24(35-3)28(27)29;1-6-20(33)9-17-7-8-36-15-22(17)32-25-11-19-13-30-21(10-18(19)14-31-25)27-26(16(2)3)23(34-4)12-24(35-5)28(27)29;1-4-23(35)33-19-13-38-12-18(19)32-22-8-16-15(11-30-22)7-17(34-27(16)31-10-14-5-6-14)24-25(28)20(36-2)9-21(37-3)26(24)29;1-3-18(31)8-15-4-5-33-14-20(15)30-23-10-17-12-28-19(9-16(17)13-29-23)24-25(27)21(32-2)11-22-26(24)35-7-6-34-22/h4,10-14,16-17,22H,1,5-9,15H2,2-3H3,(H,31,32);6,10-14,16-17,22H,1,7-9,15H2,2-5H3,(H,31,32);4,7-9,11,14-16,18-19,32H,1,5-6,10,12-13H2,2-3H3,(H,31,34)(H,33,35);3,9-13,15,20H,1,4-8,14H2,2H3,(H,29,30)/t2*17-,22-;15?,16?,18-,19+;15-,20-/m1111/s1. The molecule has 6 aromatic heterocycles. The summed E-state index contributed by atoms with van der Waals surface area (Å²) < 4.78 is 103. The largest absolute Gasteiger partial charge is 0.496 e. The SMILES string of the molecule is C=CC(=O)C[C@H]1CCOC[C@H]1Nc1cc2cnc(-c3c(Cl)c(OC)cc4c3OCCO4)cc2cn1.C=CC(=O)C[C@H]1CCOC[C@H]1Nc1cc2cnc(-c3c(F)c(OC)cc(OC)c3C(C)C)cc2cn1.C=CC(=O)C[C@H]1CCOC[C@H]1Nc1cc2cnc(-c3c(F)c(OC)cc(OC)c3C3CC3)cc2cn1.C=CC(=O)N[C@H]1COC[C@H]1NC1=CC2C(=NCC3CC3)NC(c3c(Cl)c(OC)cc(OC)c3Cl)=CC2C=N1. The molecule has 4 saturated heterocycles. The molecule has 1 amide bonds. The average molecular weight is 2040 g/mol. The third kappa shape index (κ3) is 24.5. The Bertz CT molecular complexity index is 6460. The van der Waals surface area contributed by atoms with Gasteiger partial charge in [0, 0.05) is 191 Å². The monoisotopic (exact) mass is 2040 g/mol. The van der Waals surface area contributed by atoms with E-state index in [1.54, 1.807) is 97.0 Å². The van der Waals surface area contributed by atoms with Gasteiger partial charge in [0.2, 0.25) is 5.91 Å². The number of nitrogens with zero attached hydrogens (tertiary/aromatic N) is 8. The average Bonchev–Trinajstić information content (AvgIpc) is 1.71. The van der Waals surface area contributed by atoms with Crippen molar-refractivity contribution in [2.45, 2.75) is 120 Å². The summed E-state index contributed by atoms with van der Waals surface area (Å²) in [6, 6.07) is 17.6. The molecule has 31 nitrogen and oxygen atoms in total. The number of hydrogen-bond donors (Lipinski definition) is 6. The molecule has 2 saturated carbocycles. The third-order valence-electron chi connectivity index (χ3n) is 27.1. The van der Waals surface area contributed by atoms with Crippen LogP contribution in [0.3, 0.4) is 0 Å². The highest BCUT2D eigenvalue weighted by Crippen LogP contribution is 2.54. The Kier molecular flexibility index (Phi) is 34.6. The minimum Gasteiger partial charge on any atom is -0.496 e. The number of hydrogen-bond acceptors (Lipinski definition) is 29. The van der Waals surface area contributed by atoms with Crippen LogP contribution in [0, 0.1) is 47.1 Å². The zero-order chi connectivity index (χ0) is 102. The van der Waals surface area contributed by atoms with E-state index in [1.165, 1.54) is 51.4 Å². The lowest BCUT2D eigenvalue weighted by Gasteiger charge is -2.33. The van der Waals surface area contributed by atoms with Crippen LogP contribution in [0.2, 0.25) is 15.1 Å². The lowest BCUT2D eigenvalue weighted by atomic mass is 9.85. The van der Waals surface area contributed by atoms with Crippen LogP contribution in [-0.4, -0.2) is 218 Å². The molecule has 0 bridgehead atoms. The van der Waals surface area contributed by atoms with Crippen LogP contribution in [0.25, 0.3) is 71.8 Å². The number of benzene rings is 4. The summed E-state index contributed by atoms with van der Waals surface area (Å²) in [4.78, 5) is 84.9. The van der Waals surface area contributed by atoms with Gasteiger partial charge in [-0.2, -0.15) is 0 Å². The van der Waals surface area contributed by atoms with Crippen LogP contribution >= 0.6 is 34.8 Å². The first-order valence-electron chi connectivity index (χ1n) is 48.3. The number of ether oxygens (including phenoxy) is 13. The number of allylic oxidation sites excluding steroid dienone is 4. The van der Waals surface area contributed by atoms with E-state index in [9.17, 15) is 19.2 Å². The van der Waals surface area contributed by atoms with E-state index >= 15 is 8.78 Å². The number of carbonyl (C=O) groups excluding carboxylic acids is 4. The number of fused-ring (bicyclic) bond motifs is 5. The Morgan fingerprint density at radius 2 is 0.890 bits per heavy atom. The molecule has 9 aliphatic rings. The second-order valence-corrected chi connectivity index (χ2v) is 38.0. The topological polar surface area (TPSA) is 363 Å². The highest BCUT2D eigenvalue weighted by molar-refractivity contribution is 6.40. The van der Waals surface area contributed by atoms with Crippen molar-refractivity contribution in [1.29, 1.82) is 0 Å². The van der Waals surface area contributed by atoms with Crippen molar-refractivity contribution < 1.29 is 89.5 Å². The Morgan fingerprint density at radius 3 is 1.36 bits per heavy atom. The molecule has 762 valence electrons. The number of halogens is 5. The van der Waals surface area contributed by atoms with E-state index in [2.05, 4.69) is 105 Å². The molecule has 10 atom stereocenters. The maximum atomic E-state index is 15.5. The second-order valence-electron chi connectivity index (χ2n) is 36.9. The number of aromatic nitrogens is 6. The summed E-state index contributed by atoms with van der Waals surface area (Å²) in [5.41, 5.74) is 5.92. The summed E-state index contributed by atoms with van der Waals surface area (Å²) in [7, 11) is 10.7. The lowest BCUT2D eigenvalue weighted by Crippen LogP contribution is -2.49. The zero-order valence-corrected chi connectivity index (χ0v) is 84.6. The van der Waals surface area contributed by atoms with E-state index in [1.807, 2.05) is 56.5 Å². The molecule has 6 fully saturated rings. The molecule has 0 spiro atoms. The molecule has 7 aliphatic heterocycles. The van der Waals surface area contributed by atoms with E-state index in [4.69, 9.17) is 101 Å². The number of amides is 1. The predicted molar refractivity (Wildman–Crippen MR) is 557 cm³/mol. The normalized spacial score (nSPS) is 21.0. The van der Waals surface area contributed by atoms with Gasteiger partial charge in [-0.15, -0.1) is 0 Å². The van der Waals surface area contributed by atoms with Gasteiger partial charge in [0.25, 0.3) is 0 Å². The zero-order valence-electron chi connectivity index (χ0n) is 82.4. The van der Waals surface area contributed by atoms with Crippen molar-refractivity contribution in [3.63, 3.8) is 0 Å². The molecular weight excluding hydrogens is 1920 g/mol. The number of nitrogens with one attached hydrogen (secondary N) is 6. The molecule has 13 heterocycles. The lowest BCUT2D eigenvalue weighted by molar-refractivity contribution is -0.117. The first kappa shape index (κ1) is 104. The van der Waals surface area contributed by atoms with Gasteiger partial charge < -0.3 is 93.5 Å². The van der Waals surface area contributed by atoms with Gasteiger partial charge in [-0.3, -0.25) is 39.1 Å². The van der Waals surface area contributed by atoms with Gasteiger partial charge >= 0.3 is 0 Å². The molecule has 10 aromatic rings. The molecular formula is C109H119Cl3F2N14O17. The van der Waals surface area contributed by atoms with Gasteiger partial charge in [-0.25, -0.2) is 28.7 Å². The van der Waals surface area contributed by atoms with Crippen molar-refractivity contribution in [2.24, 2.45) is 45.5 Å². The number of amidine groups is 1. The minimum atomic E-state index is -0.475. The fraction of sp³-hybridized carbons (Fsp3) is 0.394. The Balaban J connectivity index is 0.000000139. The maximum Gasteiger partial charge on any atom is 0.243 e. The molecule has 36 heteroatoms.